The van der Waals surface area contributed by atoms with Gasteiger partial charge in [0.2, 0.25) is 0 Å². The van der Waals surface area contributed by atoms with Gasteiger partial charge in [0, 0.05) is 0 Å². The summed E-state index contributed by atoms with van der Waals surface area (Å²) in [6.45, 7) is 4.61. The van der Waals surface area contributed by atoms with Gasteiger partial charge >= 0.3 is 5.97 Å². The van der Waals surface area contributed by atoms with Crippen LogP contribution in [0.3, 0.4) is 0 Å². The molecule has 0 fully saturated rings. The van der Waals surface area contributed by atoms with E-state index >= 15 is 0 Å². The minimum Gasteiger partial charge on any atom is -0.482 e. The van der Waals surface area contributed by atoms with E-state index in [-0.39, 0.29) is 12.6 Å². The predicted molar refractivity (Wildman–Crippen MR) is 67.2 cm³/mol. The Morgan fingerprint density at radius 3 is 2.47 bits per heavy atom. The molecule has 94 valence electrons. The minimum atomic E-state index is -0.307. The first-order valence-electron chi connectivity index (χ1n) is 6.13. The molecule has 0 N–H and O–H groups in total. The fraction of sp³-hybridized carbons (Fsp3) is 0.500. The van der Waals surface area contributed by atoms with Crippen molar-refractivity contribution in [2.45, 2.75) is 33.1 Å². The summed E-state index contributed by atoms with van der Waals surface area (Å²) in [4.78, 5) is 11.3. The van der Waals surface area contributed by atoms with Gasteiger partial charge in [0.05, 0.1) is 6.61 Å². The Balaban J connectivity index is 2.27. The number of unbranched alkanes of at least 4 members (excludes halogenated alkanes) is 1. The zero-order valence-corrected chi connectivity index (χ0v) is 10.6. The zero-order valence-electron chi connectivity index (χ0n) is 10.6. The molecule has 0 heterocycles. The third-order valence-electron chi connectivity index (χ3n) is 2.45. The third kappa shape index (κ3) is 5.38. The summed E-state index contributed by atoms with van der Waals surface area (Å²) < 4.78 is 10.3. The van der Waals surface area contributed by atoms with Crippen LogP contribution in [0.4, 0.5) is 0 Å². The molecule has 17 heavy (non-hydrogen) atoms. The van der Waals surface area contributed by atoms with Crippen LogP contribution < -0.4 is 4.74 Å². The van der Waals surface area contributed by atoms with E-state index in [2.05, 4.69) is 13.8 Å². The monoisotopic (exact) mass is 236 g/mol. The van der Waals surface area contributed by atoms with E-state index in [1.165, 1.54) is 5.56 Å². The average molecular weight is 236 g/mol. The maximum atomic E-state index is 11.3. The van der Waals surface area contributed by atoms with Gasteiger partial charge in [0.15, 0.2) is 6.61 Å². The Morgan fingerprint density at radius 1 is 1.18 bits per heavy atom. The number of hydrogen-bond acceptors (Lipinski definition) is 3. The van der Waals surface area contributed by atoms with Gasteiger partial charge in [0.1, 0.15) is 5.75 Å². The lowest BCUT2D eigenvalue weighted by Gasteiger charge is -2.07. The van der Waals surface area contributed by atoms with Crippen LogP contribution in [0.15, 0.2) is 24.3 Å². The van der Waals surface area contributed by atoms with Crippen molar-refractivity contribution in [3.05, 3.63) is 29.8 Å². The largest absolute Gasteiger partial charge is 0.482 e. The summed E-state index contributed by atoms with van der Waals surface area (Å²) in [7, 11) is 0. The normalized spacial score (nSPS) is 10.0. The fourth-order valence-electron chi connectivity index (χ4n) is 1.34. The topological polar surface area (TPSA) is 35.5 Å². The molecular formula is C14H20O3. The number of rotatable bonds is 7. The zero-order chi connectivity index (χ0) is 12.5. The lowest BCUT2D eigenvalue weighted by Crippen LogP contribution is -2.15. The van der Waals surface area contributed by atoms with Crippen LogP contribution in [0.5, 0.6) is 5.75 Å². The second-order valence-electron chi connectivity index (χ2n) is 3.86. The Labute approximate surface area is 103 Å². The minimum absolute atomic E-state index is 0.0187. The number of carbonyl (C=O) groups excluding carboxylic acids is 1. The van der Waals surface area contributed by atoms with E-state index in [1.54, 1.807) is 0 Å². The highest BCUT2D eigenvalue weighted by molar-refractivity contribution is 5.71. The summed E-state index contributed by atoms with van der Waals surface area (Å²) in [5, 5.41) is 0. The maximum Gasteiger partial charge on any atom is 0.344 e. The highest BCUT2D eigenvalue weighted by Crippen LogP contribution is 2.12. The van der Waals surface area contributed by atoms with E-state index in [0.717, 1.165) is 19.3 Å². The molecule has 0 aliphatic rings. The number of hydrogen-bond donors (Lipinski definition) is 0. The summed E-state index contributed by atoms with van der Waals surface area (Å²) in [5.41, 5.74) is 1.25. The second-order valence-corrected chi connectivity index (χ2v) is 3.86. The van der Waals surface area contributed by atoms with Crippen molar-refractivity contribution < 1.29 is 14.3 Å². The van der Waals surface area contributed by atoms with Crippen molar-refractivity contribution in [2.75, 3.05) is 13.2 Å². The van der Waals surface area contributed by atoms with E-state index in [9.17, 15) is 4.79 Å². The highest BCUT2D eigenvalue weighted by Gasteiger charge is 2.03. The third-order valence-corrected chi connectivity index (χ3v) is 2.45. The lowest BCUT2D eigenvalue weighted by molar-refractivity contribution is -0.146. The molecule has 0 unspecified atom stereocenters. The molecule has 0 atom stereocenters. The maximum absolute atomic E-state index is 11.3. The Bertz CT molecular complexity index is 330. The SMILES string of the molecule is CCCCOC(=O)COc1ccc(CC)cc1. The predicted octanol–water partition coefficient (Wildman–Crippen LogP) is 2.97. The summed E-state index contributed by atoms with van der Waals surface area (Å²) in [5.74, 6) is 0.396. The standard InChI is InChI=1S/C14H20O3/c1-3-5-10-16-14(15)11-17-13-8-6-12(4-2)7-9-13/h6-9H,3-5,10-11H2,1-2H3. The first kappa shape index (κ1) is 13.6. The molecule has 0 bridgehead atoms. The summed E-state index contributed by atoms with van der Waals surface area (Å²) in [6.07, 6.45) is 2.92. The molecule has 0 aliphatic heterocycles. The number of carbonyl (C=O) groups is 1. The molecule has 3 heteroatoms. The van der Waals surface area contributed by atoms with Gasteiger partial charge < -0.3 is 9.47 Å². The Kier molecular flexibility index (Phi) is 6.15. The van der Waals surface area contributed by atoms with Crippen LogP contribution in [0.1, 0.15) is 32.3 Å². The van der Waals surface area contributed by atoms with Gasteiger partial charge in [-0.3, -0.25) is 0 Å². The van der Waals surface area contributed by atoms with Gasteiger partial charge in [-0.1, -0.05) is 32.4 Å². The Hall–Kier alpha value is -1.51. The molecular weight excluding hydrogens is 216 g/mol. The highest BCUT2D eigenvalue weighted by atomic mass is 16.6. The molecule has 0 saturated carbocycles. The molecule has 1 aromatic rings. The van der Waals surface area contributed by atoms with Crippen molar-refractivity contribution in [3.8, 4) is 5.75 Å². The quantitative estimate of drug-likeness (QED) is 0.539. The number of benzene rings is 1. The number of esters is 1. The smallest absolute Gasteiger partial charge is 0.344 e. The Morgan fingerprint density at radius 2 is 1.88 bits per heavy atom. The first-order valence-corrected chi connectivity index (χ1v) is 6.13. The summed E-state index contributed by atoms with van der Waals surface area (Å²) in [6, 6.07) is 7.74. The van der Waals surface area contributed by atoms with Crippen molar-refractivity contribution >= 4 is 5.97 Å². The van der Waals surface area contributed by atoms with Crippen molar-refractivity contribution in [1.29, 1.82) is 0 Å². The van der Waals surface area contributed by atoms with E-state index in [0.29, 0.717) is 12.4 Å². The van der Waals surface area contributed by atoms with Crippen LogP contribution in [0.25, 0.3) is 0 Å². The van der Waals surface area contributed by atoms with Crippen molar-refractivity contribution in [2.24, 2.45) is 0 Å². The van der Waals surface area contributed by atoms with E-state index in [4.69, 9.17) is 9.47 Å². The van der Waals surface area contributed by atoms with Gasteiger partial charge in [-0.2, -0.15) is 0 Å². The van der Waals surface area contributed by atoms with Gasteiger partial charge in [-0.15, -0.1) is 0 Å². The van der Waals surface area contributed by atoms with Gasteiger partial charge in [-0.05, 0) is 30.5 Å². The molecule has 1 rings (SSSR count). The molecule has 0 aliphatic carbocycles. The van der Waals surface area contributed by atoms with Crippen LogP contribution in [0, 0.1) is 0 Å². The number of aryl methyl sites for hydroxylation is 1. The van der Waals surface area contributed by atoms with Gasteiger partial charge in [-0.25, -0.2) is 4.79 Å². The van der Waals surface area contributed by atoms with E-state index < -0.39 is 0 Å². The molecule has 0 spiro atoms. The molecule has 0 aromatic heterocycles. The van der Waals surface area contributed by atoms with Crippen LogP contribution >= 0.6 is 0 Å². The van der Waals surface area contributed by atoms with E-state index in [1.807, 2.05) is 24.3 Å². The second kappa shape index (κ2) is 7.71. The first-order chi connectivity index (χ1) is 8.26. The van der Waals surface area contributed by atoms with Crippen molar-refractivity contribution in [3.63, 3.8) is 0 Å². The molecule has 3 nitrogen and oxygen atoms in total. The average Bonchev–Trinajstić information content (AvgIpc) is 2.37. The molecule has 0 amide bonds. The lowest BCUT2D eigenvalue weighted by atomic mass is 10.2. The van der Waals surface area contributed by atoms with Crippen LogP contribution in [-0.4, -0.2) is 19.2 Å². The summed E-state index contributed by atoms with van der Waals surface area (Å²) >= 11 is 0. The van der Waals surface area contributed by atoms with Crippen molar-refractivity contribution in [1.82, 2.24) is 0 Å². The fourth-order valence-corrected chi connectivity index (χ4v) is 1.34. The van der Waals surface area contributed by atoms with Crippen LogP contribution in [-0.2, 0) is 16.0 Å². The molecule has 1 aromatic carbocycles. The van der Waals surface area contributed by atoms with Gasteiger partial charge in [0.25, 0.3) is 0 Å². The van der Waals surface area contributed by atoms with Crippen LogP contribution in [0.2, 0.25) is 0 Å². The number of ether oxygens (including phenoxy) is 2. The molecule has 0 saturated heterocycles. The molecule has 0 radical (unpaired) electrons.